The molecule has 0 aromatic heterocycles. The summed E-state index contributed by atoms with van der Waals surface area (Å²) in [5, 5.41) is 2.73. The monoisotopic (exact) mass is 361 g/mol. The van der Waals surface area contributed by atoms with E-state index in [1.807, 2.05) is 6.92 Å². The molecule has 0 aliphatic heterocycles. The van der Waals surface area contributed by atoms with Crippen LogP contribution in [-0.4, -0.2) is 26.9 Å². The summed E-state index contributed by atoms with van der Waals surface area (Å²) < 4.78 is 26.7. The van der Waals surface area contributed by atoms with Crippen LogP contribution in [0.15, 0.2) is 29.2 Å². The van der Waals surface area contributed by atoms with Gasteiger partial charge in [-0.2, -0.15) is 0 Å². The Hall–Kier alpha value is -1.15. The van der Waals surface area contributed by atoms with Crippen molar-refractivity contribution in [1.29, 1.82) is 0 Å². The van der Waals surface area contributed by atoms with E-state index in [2.05, 4.69) is 10.0 Å². The predicted octanol–water partition coefficient (Wildman–Crippen LogP) is 1.86. The molecule has 1 aliphatic carbocycles. The fraction of sp³-hybridized carbons (Fsp3) is 0.533. The maximum Gasteiger partial charge on any atom is 0.240 e. The fourth-order valence-corrected chi connectivity index (χ4v) is 3.05. The normalized spacial score (nSPS) is 15.6. The Morgan fingerprint density at radius 2 is 1.91 bits per heavy atom. The number of anilines is 1. The van der Waals surface area contributed by atoms with Crippen LogP contribution < -0.4 is 15.8 Å². The molecule has 0 heterocycles. The summed E-state index contributed by atoms with van der Waals surface area (Å²) in [7, 11) is -3.46. The van der Waals surface area contributed by atoms with Crippen LogP contribution >= 0.6 is 12.4 Å². The molecule has 2 rings (SSSR count). The minimum Gasteiger partial charge on any atom is -0.328 e. The molecule has 6 nitrogen and oxygen atoms in total. The van der Waals surface area contributed by atoms with Gasteiger partial charge in [0, 0.05) is 24.7 Å². The summed E-state index contributed by atoms with van der Waals surface area (Å²) in [5.74, 6) is 0.359. The highest BCUT2D eigenvalue weighted by Gasteiger charge is 2.24. The number of benzene rings is 1. The first-order valence-electron chi connectivity index (χ1n) is 7.52. The first kappa shape index (κ1) is 19.9. The van der Waals surface area contributed by atoms with Crippen molar-refractivity contribution in [3.05, 3.63) is 24.3 Å². The largest absolute Gasteiger partial charge is 0.328 e. The number of rotatable bonds is 8. The van der Waals surface area contributed by atoms with Crippen molar-refractivity contribution in [2.24, 2.45) is 11.7 Å². The second kappa shape index (κ2) is 8.63. The van der Waals surface area contributed by atoms with Gasteiger partial charge in [0.15, 0.2) is 0 Å². The second-order valence-electron chi connectivity index (χ2n) is 5.88. The number of sulfonamides is 1. The van der Waals surface area contributed by atoms with Crippen LogP contribution in [0.5, 0.6) is 0 Å². The predicted molar refractivity (Wildman–Crippen MR) is 93.1 cm³/mol. The molecule has 1 unspecified atom stereocenters. The highest BCUT2D eigenvalue weighted by atomic mass is 35.5. The summed E-state index contributed by atoms with van der Waals surface area (Å²) in [6.45, 7) is 2.35. The molecular formula is C15H24ClN3O3S. The number of halogens is 1. The van der Waals surface area contributed by atoms with Crippen molar-refractivity contribution in [3.63, 3.8) is 0 Å². The first-order chi connectivity index (χ1) is 10.4. The van der Waals surface area contributed by atoms with Crippen molar-refractivity contribution in [2.75, 3.05) is 11.9 Å². The van der Waals surface area contributed by atoms with E-state index in [0.29, 0.717) is 31.0 Å². The lowest BCUT2D eigenvalue weighted by Gasteiger charge is -2.09. The number of hydrogen-bond donors (Lipinski definition) is 3. The highest BCUT2D eigenvalue weighted by Crippen LogP contribution is 2.28. The number of carbonyl (C=O) groups excluding carboxylic acids is 1. The van der Waals surface area contributed by atoms with Crippen LogP contribution in [0, 0.1) is 5.92 Å². The molecular weight excluding hydrogens is 338 g/mol. The van der Waals surface area contributed by atoms with Gasteiger partial charge in [-0.3, -0.25) is 4.79 Å². The third-order valence-electron chi connectivity index (χ3n) is 3.53. The van der Waals surface area contributed by atoms with E-state index in [1.165, 1.54) is 12.1 Å². The topological polar surface area (TPSA) is 101 Å². The summed E-state index contributed by atoms with van der Waals surface area (Å²) in [6, 6.07) is 6.16. The van der Waals surface area contributed by atoms with Crippen LogP contribution in [0.2, 0.25) is 0 Å². The number of hydrogen-bond acceptors (Lipinski definition) is 4. The zero-order valence-corrected chi connectivity index (χ0v) is 14.8. The van der Waals surface area contributed by atoms with Gasteiger partial charge >= 0.3 is 0 Å². The SMILES string of the molecule is CC(N)CCC(=O)Nc1ccc(S(=O)(=O)NCC2CC2)cc1.Cl. The molecule has 1 amide bonds. The molecule has 1 aliphatic rings. The first-order valence-corrected chi connectivity index (χ1v) is 9.00. The van der Waals surface area contributed by atoms with Crippen molar-refractivity contribution >= 4 is 34.0 Å². The molecule has 23 heavy (non-hydrogen) atoms. The van der Waals surface area contributed by atoms with Crippen LogP contribution in [0.25, 0.3) is 0 Å². The van der Waals surface area contributed by atoms with E-state index >= 15 is 0 Å². The quantitative estimate of drug-likeness (QED) is 0.657. The Labute approximate surface area is 143 Å². The Morgan fingerprint density at radius 3 is 2.43 bits per heavy atom. The van der Waals surface area contributed by atoms with E-state index in [0.717, 1.165) is 12.8 Å². The van der Waals surface area contributed by atoms with Gasteiger partial charge < -0.3 is 11.1 Å². The summed E-state index contributed by atoms with van der Waals surface area (Å²) in [4.78, 5) is 11.9. The molecule has 1 aromatic rings. The zero-order valence-electron chi connectivity index (χ0n) is 13.1. The van der Waals surface area contributed by atoms with Crippen molar-refractivity contribution < 1.29 is 13.2 Å². The number of amides is 1. The molecule has 0 spiro atoms. The second-order valence-corrected chi connectivity index (χ2v) is 7.65. The van der Waals surface area contributed by atoms with Gasteiger partial charge in [0.1, 0.15) is 0 Å². The van der Waals surface area contributed by atoms with Gasteiger partial charge in [-0.05, 0) is 56.4 Å². The molecule has 0 bridgehead atoms. The van der Waals surface area contributed by atoms with Gasteiger partial charge in [-0.25, -0.2) is 13.1 Å². The number of nitrogens with two attached hydrogens (primary N) is 1. The van der Waals surface area contributed by atoms with E-state index in [-0.39, 0.29) is 29.3 Å². The molecule has 8 heteroatoms. The van der Waals surface area contributed by atoms with Gasteiger partial charge in [-0.15, -0.1) is 12.4 Å². The Morgan fingerprint density at radius 1 is 1.30 bits per heavy atom. The minimum absolute atomic E-state index is 0. The van der Waals surface area contributed by atoms with E-state index in [1.54, 1.807) is 12.1 Å². The van der Waals surface area contributed by atoms with Gasteiger partial charge in [0.05, 0.1) is 4.90 Å². The zero-order chi connectivity index (χ0) is 16.2. The third-order valence-corrected chi connectivity index (χ3v) is 4.97. The number of nitrogens with one attached hydrogen (secondary N) is 2. The Kier molecular flexibility index (Phi) is 7.47. The minimum atomic E-state index is -3.46. The van der Waals surface area contributed by atoms with Crippen molar-refractivity contribution in [3.8, 4) is 0 Å². The van der Waals surface area contributed by atoms with Gasteiger partial charge in [-0.1, -0.05) is 0 Å². The molecule has 0 radical (unpaired) electrons. The fourth-order valence-electron chi connectivity index (χ4n) is 1.93. The molecule has 130 valence electrons. The third kappa shape index (κ3) is 6.87. The van der Waals surface area contributed by atoms with E-state index in [4.69, 9.17) is 5.73 Å². The van der Waals surface area contributed by atoms with Crippen molar-refractivity contribution in [1.82, 2.24) is 4.72 Å². The molecule has 1 atom stereocenters. The lowest BCUT2D eigenvalue weighted by atomic mass is 10.2. The van der Waals surface area contributed by atoms with Gasteiger partial charge in [0.25, 0.3) is 0 Å². The van der Waals surface area contributed by atoms with E-state index in [9.17, 15) is 13.2 Å². The standard InChI is InChI=1S/C15H23N3O3S.ClH/c1-11(16)2-9-15(19)18-13-5-7-14(8-6-13)22(20,21)17-10-12-3-4-12;/h5-8,11-12,17H,2-4,9-10,16H2,1H3,(H,18,19);1H. The summed E-state index contributed by atoms with van der Waals surface area (Å²) in [5.41, 5.74) is 6.18. The van der Waals surface area contributed by atoms with E-state index < -0.39 is 10.0 Å². The van der Waals surface area contributed by atoms with Crippen LogP contribution in [0.4, 0.5) is 5.69 Å². The molecule has 4 N–H and O–H groups in total. The lowest BCUT2D eigenvalue weighted by Crippen LogP contribution is -2.25. The van der Waals surface area contributed by atoms with Crippen LogP contribution in [0.1, 0.15) is 32.6 Å². The Bertz CT molecular complexity index is 613. The molecule has 1 fully saturated rings. The van der Waals surface area contributed by atoms with Crippen LogP contribution in [-0.2, 0) is 14.8 Å². The highest BCUT2D eigenvalue weighted by molar-refractivity contribution is 7.89. The molecule has 1 aromatic carbocycles. The summed E-state index contributed by atoms with van der Waals surface area (Å²) in [6.07, 6.45) is 3.15. The average Bonchev–Trinajstić information content (AvgIpc) is 3.28. The van der Waals surface area contributed by atoms with Gasteiger partial charge in [0.2, 0.25) is 15.9 Å². The smallest absolute Gasteiger partial charge is 0.240 e. The summed E-state index contributed by atoms with van der Waals surface area (Å²) >= 11 is 0. The van der Waals surface area contributed by atoms with Crippen molar-refractivity contribution in [2.45, 2.75) is 43.5 Å². The van der Waals surface area contributed by atoms with Crippen LogP contribution in [0.3, 0.4) is 0 Å². The maximum atomic E-state index is 12.1. The molecule has 0 saturated heterocycles. The lowest BCUT2D eigenvalue weighted by molar-refractivity contribution is -0.116. The maximum absolute atomic E-state index is 12.1. The Balaban J connectivity index is 0.00000264. The molecule has 1 saturated carbocycles. The average molecular weight is 362 g/mol. The number of carbonyl (C=O) groups is 1.